The van der Waals surface area contributed by atoms with Gasteiger partial charge in [-0.05, 0) is 38.8 Å². The number of fused-ring (bicyclic) bond motifs is 4. The van der Waals surface area contributed by atoms with Crippen LogP contribution in [0.5, 0.6) is 11.5 Å². The molecule has 0 aliphatic carbocycles. The van der Waals surface area contributed by atoms with Crippen LogP contribution in [0.2, 0.25) is 0 Å². The van der Waals surface area contributed by atoms with Gasteiger partial charge in [0.2, 0.25) is 5.91 Å². The van der Waals surface area contributed by atoms with Gasteiger partial charge in [-0.3, -0.25) is 4.79 Å². The first-order valence-corrected chi connectivity index (χ1v) is 10.8. The summed E-state index contributed by atoms with van der Waals surface area (Å²) in [6.45, 7) is 5.02. The van der Waals surface area contributed by atoms with Crippen LogP contribution in [-0.4, -0.2) is 42.2 Å². The van der Waals surface area contributed by atoms with Crippen LogP contribution in [0.25, 0.3) is 0 Å². The van der Waals surface area contributed by atoms with Crippen molar-refractivity contribution >= 4 is 5.91 Å². The highest BCUT2D eigenvalue weighted by Gasteiger charge is 2.53. The molecule has 3 aliphatic rings. The summed E-state index contributed by atoms with van der Waals surface area (Å²) >= 11 is 0. The molecule has 5 nitrogen and oxygen atoms in total. The first-order valence-electron chi connectivity index (χ1n) is 10.8. The molecule has 3 aliphatic heterocycles. The van der Waals surface area contributed by atoms with E-state index in [0.717, 1.165) is 42.0 Å². The van der Waals surface area contributed by atoms with Gasteiger partial charge in [-0.25, -0.2) is 0 Å². The predicted molar refractivity (Wildman–Crippen MR) is 114 cm³/mol. The molecule has 0 radical (unpaired) electrons. The van der Waals surface area contributed by atoms with Gasteiger partial charge < -0.3 is 19.1 Å². The maximum Gasteiger partial charge on any atom is 0.227 e. The van der Waals surface area contributed by atoms with Crippen molar-refractivity contribution in [2.24, 2.45) is 5.92 Å². The third-order valence-corrected chi connectivity index (χ3v) is 7.01. The summed E-state index contributed by atoms with van der Waals surface area (Å²) in [5, 5.41) is 0. The van der Waals surface area contributed by atoms with Gasteiger partial charge in [0.1, 0.15) is 17.1 Å². The Morgan fingerprint density at radius 1 is 1.17 bits per heavy atom. The molecule has 0 spiro atoms. The monoisotopic (exact) mass is 407 g/mol. The van der Waals surface area contributed by atoms with Gasteiger partial charge in [0, 0.05) is 23.6 Å². The number of hydrogen-bond donors (Lipinski definition) is 0. The van der Waals surface area contributed by atoms with E-state index in [1.54, 1.807) is 7.11 Å². The van der Waals surface area contributed by atoms with Crippen LogP contribution < -0.4 is 9.47 Å². The van der Waals surface area contributed by atoms with Gasteiger partial charge in [-0.15, -0.1) is 0 Å². The maximum absolute atomic E-state index is 13.2. The Morgan fingerprint density at radius 2 is 1.93 bits per heavy atom. The molecule has 5 heteroatoms. The maximum atomic E-state index is 13.2. The highest BCUT2D eigenvalue weighted by molar-refractivity contribution is 5.80. The Morgan fingerprint density at radius 3 is 2.77 bits per heavy atom. The third-order valence-electron chi connectivity index (χ3n) is 7.01. The van der Waals surface area contributed by atoms with Gasteiger partial charge in [-0.2, -0.15) is 0 Å². The molecule has 2 fully saturated rings. The summed E-state index contributed by atoms with van der Waals surface area (Å²) in [5.74, 6) is 2.03. The molecule has 30 heavy (non-hydrogen) atoms. The first-order chi connectivity index (χ1) is 14.5. The molecular formula is C25H29NO4. The van der Waals surface area contributed by atoms with Gasteiger partial charge >= 0.3 is 0 Å². The molecule has 5 rings (SSSR count). The number of benzene rings is 2. The topological polar surface area (TPSA) is 48.0 Å². The average Bonchev–Trinajstić information content (AvgIpc) is 3.16. The Labute approximate surface area is 177 Å². The van der Waals surface area contributed by atoms with E-state index in [4.69, 9.17) is 14.2 Å². The summed E-state index contributed by atoms with van der Waals surface area (Å²) < 4.78 is 18.4. The van der Waals surface area contributed by atoms with E-state index in [0.29, 0.717) is 6.42 Å². The number of rotatable bonds is 3. The number of likely N-dealkylation sites (tertiary alicyclic amines) is 1. The largest absolute Gasteiger partial charge is 0.496 e. The fourth-order valence-electron chi connectivity index (χ4n) is 5.46. The van der Waals surface area contributed by atoms with Gasteiger partial charge in [0.05, 0.1) is 31.8 Å². The molecule has 3 heterocycles. The van der Waals surface area contributed by atoms with Crippen molar-refractivity contribution in [3.05, 3.63) is 59.7 Å². The van der Waals surface area contributed by atoms with E-state index in [9.17, 15) is 4.79 Å². The lowest BCUT2D eigenvalue weighted by atomic mass is 9.74. The van der Waals surface area contributed by atoms with Crippen molar-refractivity contribution in [3.8, 4) is 11.5 Å². The van der Waals surface area contributed by atoms with E-state index in [1.807, 2.05) is 47.4 Å². The average molecular weight is 408 g/mol. The van der Waals surface area contributed by atoms with Crippen molar-refractivity contribution in [1.82, 2.24) is 4.90 Å². The van der Waals surface area contributed by atoms with Crippen molar-refractivity contribution in [1.29, 1.82) is 0 Å². The number of hydrogen-bond acceptors (Lipinski definition) is 4. The van der Waals surface area contributed by atoms with Gasteiger partial charge in [0.25, 0.3) is 0 Å². The molecule has 2 aromatic carbocycles. The van der Waals surface area contributed by atoms with Crippen molar-refractivity contribution < 1.29 is 19.0 Å². The zero-order chi connectivity index (χ0) is 20.9. The van der Waals surface area contributed by atoms with E-state index in [-0.39, 0.29) is 35.7 Å². The van der Waals surface area contributed by atoms with E-state index >= 15 is 0 Å². The lowest BCUT2D eigenvalue weighted by Gasteiger charge is -2.50. The smallest absolute Gasteiger partial charge is 0.227 e. The minimum atomic E-state index is -0.343. The summed E-state index contributed by atoms with van der Waals surface area (Å²) in [5.41, 5.74) is 1.72. The molecule has 0 aromatic heterocycles. The molecule has 158 valence electrons. The quantitative estimate of drug-likeness (QED) is 0.767. The second-order valence-electron chi connectivity index (χ2n) is 9.11. The van der Waals surface area contributed by atoms with Crippen LogP contribution in [0, 0.1) is 5.92 Å². The Kier molecular flexibility index (Phi) is 4.73. The Bertz CT molecular complexity index is 956. The number of carbonyl (C=O) groups is 1. The number of methoxy groups -OCH3 is 1. The molecule has 0 unspecified atom stereocenters. The van der Waals surface area contributed by atoms with Crippen molar-refractivity contribution in [2.45, 2.75) is 57.0 Å². The third kappa shape index (κ3) is 3.16. The fraction of sp³-hybridized carbons (Fsp3) is 0.480. The van der Waals surface area contributed by atoms with Crippen LogP contribution in [0.3, 0.4) is 0 Å². The molecular weight excluding hydrogens is 378 g/mol. The van der Waals surface area contributed by atoms with Crippen LogP contribution >= 0.6 is 0 Å². The Hall–Kier alpha value is -2.53. The normalized spacial score (nSPS) is 28.7. The molecule has 0 N–H and O–H groups in total. The van der Waals surface area contributed by atoms with E-state index < -0.39 is 0 Å². The summed E-state index contributed by atoms with van der Waals surface area (Å²) in [6.07, 6.45) is 2.23. The second-order valence-corrected chi connectivity index (χ2v) is 9.11. The molecule has 1 amide bonds. The number of amides is 1. The lowest BCUT2D eigenvalue weighted by molar-refractivity contribution is -0.167. The van der Waals surface area contributed by atoms with Crippen LogP contribution in [-0.2, 0) is 16.0 Å². The molecule has 2 saturated heterocycles. The number of para-hydroxylation sites is 2. The second kappa shape index (κ2) is 7.31. The fourth-order valence-corrected chi connectivity index (χ4v) is 5.46. The van der Waals surface area contributed by atoms with Crippen molar-refractivity contribution in [2.75, 3.05) is 13.7 Å². The summed E-state index contributed by atoms with van der Waals surface area (Å²) in [7, 11) is 1.65. The molecule has 0 saturated carbocycles. The minimum absolute atomic E-state index is 0.0236. The van der Waals surface area contributed by atoms with E-state index in [2.05, 4.69) is 19.9 Å². The SMILES string of the molecule is COc1ccccc1CC(=O)N1CC[C@H]2O[C@H]3c4ccccc4OC(C)(C)[C@@H]3C[C@H]21. The van der Waals surface area contributed by atoms with E-state index in [1.165, 1.54) is 0 Å². The van der Waals surface area contributed by atoms with Crippen molar-refractivity contribution in [3.63, 3.8) is 0 Å². The lowest BCUT2D eigenvalue weighted by Crippen LogP contribution is -2.54. The van der Waals surface area contributed by atoms with Crippen LogP contribution in [0.15, 0.2) is 48.5 Å². The molecule has 2 aromatic rings. The van der Waals surface area contributed by atoms with Crippen LogP contribution in [0.4, 0.5) is 0 Å². The highest BCUT2D eigenvalue weighted by atomic mass is 16.5. The standard InChI is InChI=1S/C25H29NO4/c1-25(2)18-15-19-22(29-24(18)17-9-5-7-11-21(17)30-25)12-13-26(19)23(27)14-16-8-4-6-10-20(16)28-3/h4-11,18-19,22,24H,12-15H2,1-3H3/t18-,19-,22-,24+/m1/s1. The number of ether oxygens (including phenoxy) is 3. The summed E-state index contributed by atoms with van der Waals surface area (Å²) in [4.78, 5) is 15.3. The van der Waals surface area contributed by atoms with Gasteiger partial charge in [0.15, 0.2) is 0 Å². The predicted octanol–water partition coefficient (Wildman–Crippen LogP) is 4.16. The zero-order valence-electron chi connectivity index (χ0n) is 17.8. The van der Waals surface area contributed by atoms with Crippen LogP contribution in [0.1, 0.15) is 43.9 Å². The Balaban J connectivity index is 1.38. The zero-order valence-corrected chi connectivity index (χ0v) is 17.8. The summed E-state index contributed by atoms with van der Waals surface area (Å²) in [6, 6.07) is 16.0. The van der Waals surface area contributed by atoms with Gasteiger partial charge in [-0.1, -0.05) is 36.4 Å². The highest BCUT2D eigenvalue weighted by Crippen LogP contribution is 2.52. The molecule has 0 bridgehead atoms. The number of carbonyl (C=O) groups excluding carboxylic acids is 1. The first kappa shape index (κ1) is 19.4. The number of nitrogens with zero attached hydrogens (tertiary/aromatic N) is 1. The molecule has 4 atom stereocenters. The minimum Gasteiger partial charge on any atom is -0.496 e.